The molecule has 0 bridgehead atoms. The molecule has 0 heterocycles. The van der Waals surface area contributed by atoms with Crippen LogP contribution in [0.15, 0.2) is 46.0 Å². The summed E-state index contributed by atoms with van der Waals surface area (Å²) in [6, 6.07) is 9.95. The van der Waals surface area contributed by atoms with Gasteiger partial charge >= 0.3 is 5.97 Å². The standard InChI is InChI=1S/C17H16BrClN2O5/c1-23-14-5-3-10(7-15(14)24-2)17(20)21-26-16(22)9-25-13-6-4-11(18)8-12(13)19/h3-8H,9H2,1-2H3,(H2,20,21). The van der Waals surface area contributed by atoms with Crippen LogP contribution >= 0.6 is 27.5 Å². The molecule has 138 valence electrons. The number of carbonyl (C=O) groups excluding carboxylic acids is 1. The molecule has 2 aromatic carbocycles. The van der Waals surface area contributed by atoms with Gasteiger partial charge in [-0.2, -0.15) is 0 Å². The number of ether oxygens (including phenoxy) is 3. The molecular formula is C17H16BrClN2O5. The lowest BCUT2D eigenvalue weighted by Gasteiger charge is -2.09. The lowest BCUT2D eigenvalue weighted by molar-refractivity contribution is -0.146. The number of hydrogen-bond acceptors (Lipinski definition) is 6. The molecule has 0 fully saturated rings. The maximum Gasteiger partial charge on any atom is 0.372 e. The number of halogens is 2. The second-order valence-corrected chi connectivity index (χ2v) is 6.20. The number of methoxy groups -OCH3 is 2. The molecule has 0 aliphatic carbocycles. The summed E-state index contributed by atoms with van der Waals surface area (Å²) in [5, 5.41) is 3.96. The Hall–Kier alpha value is -2.45. The Labute approximate surface area is 163 Å². The van der Waals surface area contributed by atoms with Crippen LogP contribution in [0, 0.1) is 0 Å². The Morgan fingerprint density at radius 1 is 1.12 bits per heavy atom. The van der Waals surface area contributed by atoms with Crippen LogP contribution in [0.1, 0.15) is 5.56 Å². The van der Waals surface area contributed by atoms with Crippen LogP contribution in [0.25, 0.3) is 0 Å². The van der Waals surface area contributed by atoms with E-state index in [0.717, 1.165) is 4.47 Å². The summed E-state index contributed by atoms with van der Waals surface area (Å²) in [5.74, 6) is 0.639. The minimum absolute atomic E-state index is 0.000905. The van der Waals surface area contributed by atoms with Crippen molar-refractivity contribution < 1.29 is 23.8 Å². The summed E-state index contributed by atoms with van der Waals surface area (Å²) in [5.41, 5.74) is 6.32. The van der Waals surface area contributed by atoms with E-state index >= 15 is 0 Å². The van der Waals surface area contributed by atoms with Crippen LogP contribution in [0.4, 0.5) is 0 Å². The number of benzene rings is 2. The third kappa shape index (κ3) is 5.27. The zero-order valence-electron chi connectivity index (χ0n) is 14.0. The first-order valence-corrected chi connectivity index (χ1v) is 8.45. The number of nitrogens with zero attached hydrogens (tertiary/aromatic N) is 1. The summed E-state index contributed by atoms with van der Waals surface area (Å²) in [6.07, 6.45) is 0. The van der Waals surface area contributed by atoms with E-state index in [4.69, 9.17) is 36.4 Å². The molecule has 2 rings (SSSR count). The normalized spacial score (nSPS) is 11.0. The van der Waals surface area contributed by atoms with E-state index in [1.165, 1.54) is 14.2 Å². The van der Waals surface area contributed by atoms with E-state index in [-0.39, 0.29) is 12.4 Å². The van der Waals surface area contributed by atoms with E-state index in [1.807, 2.05) is 0 Å². The third-order valence-corrected chi connectivity index (χ3v) is 3.95. The second-order valence-electron chi connectivity index (χ2n) is 4.87. The van der Waals surface area contributed by atoms with Gasteiger partial charge in [-0.1, -0.05) is 32.7 Å². The minimum Gasteiger partial charge on any atom is -0.493 e. The number of oxime groups is 1. The first-order chi connectivity index (χ1) is 12.4. The molecule has 0 unspecified atom stereocenters. The Kier molecular flexibility index (Phi) is 7.11. The van der Waals surface area contributed by atoms with Crippen molar-refractivity contribution in [3.05, 3.63) is 51.5 Å². The Bertz CT molecular complexity index is 829. The third-order valence-electron chi connectivity index (χ3n) is 3.16. The van der Waals surface area contributed by atoms with Crippen LogP contribution in [0.2, 0.25) is 5.02 Å². The molecule has 7 nitrogen and oxygen atoms in total. The maximum atomic E-state index is 11.7. The largest absolute Gasteiger partial charge is 0.493 e. The van der Waals surface area contributed by atoms with Gasteiger partial charge in [-0.15, -0.1) is 0 Å². The van der Waals surface area contributed by atoms with Gasteiger partial charge in [0.15, 0.2) is 23.9 Å². The predicted molar refractivity (Wildman–Crippen MR) is 101 cm³/mol. The number of rotatable bonds is 7. The lowest BCUT2D eigenvalue weighted by Crippen LogP contribution is -2.18. The van der Waals surface area contributed by atoms with Gasteiger partial charge in [-0.05, 0) is 36.4 Å². The quantitative estimate of drug-likeness (QED) is 0.305. The van der Waals surface area contributed by atoms with Gasteiger partial charge in [0.25, 0.3) is 0 Å². The van der Waals surface area contributed by atoms with Gasteiger partial charge < -0.3 is 24.8 Å². The van der Waals surface area contributed by atoms with Gasteiger partial charge in [0.05, 0.1) is 19.2 Å². The Morgan fingerprint density at radius 2 is 1.81 bits per heavy atom. The number of nitrogens with two attached hydrogens (primary N) is 1. The van der Waals surface area contributed by atoms with E-state index in [0.29, 0.717) is 27.8 Å². The highest BCUT2D eigenvalue weighted by Crippen LogP contribution is 2.28. The molecule has 0 saturated heterocycles. The van der Waals surface area contributed by atoms with Crippen molar-refractivity contribution >= 4 is 39.3 Å². The van der Waals surface area contributed by atoms with Gasteiger partial charge in [0.2, 0.25) is 0 Å². The molecule has 2 aromatic rings. The zero-order valence-corrected chi connectivity index (χ0v) is 16.3. The number of hydrogen-bond donors (Lipinski definition) is 1. The summed E-state index contributed by atoms with van der Waals surface area (Å²) in [4.78, 5) is 16.5. The monoisotopic (exact) mass is 442 g/mol. The summed E-state index contributed by atoms with van der Waals surface area (Å²) in [7, 11) is 3.02. The fourth-order valence-electron chi connectivity index (χ4n) is 1.90. The minimum atomic E-state index is -0.729. The second kappa shape index (κ2) is 9.30. The molecular weight excluding hydrogens is 428 g/mol. The van der Waals surface area contributed by atoms with Crippen molar-refractivity contribution in [2.24, 2.45) is 10.9 Å². The first kappa shape index (κ1) is 19.9. The van der Waals surface area contributed by atoms with Crippen LogP contribution < -0.4 is 19.9 Å². The van der Waals surface area contributed by atoms with Crippen molar-refractivity contribution in [1.29, 1.82) is 0 Å². The van der Waals surface area contributed by atoms with Crippen molar-refractivity contribution in [2.45, 2.75) is 0 Å². The maximum absolute atomic E-state index is 11.7. The fourth-order valence-corrected chi connectivity index (χ4v) is 2.63. The molecule has 0 radical (unpaired) electrons. The summed E-state index contributed by atoms with van der Waals surface area (Å²) in [6.45, 7) is -0.371. The van der Waals surface area contributed by atoms with Gasteiger partial charge in [0, 0.05) is 10.0 Å². The smallest absolute Gasteiger partial charge is 0.372 e. The molecule has 0 aliphatic heterocycles. The van der Waals surface area contributed by atoms with Crippen molar-refractivity contribution in [3.8, 4) is 17.2 Å². The Morgan fingerprint density at radius 3 is 2.46 bits per heavy atom. The van der Waals surface area contributed by atoms with Crippen molar-refractivity contribution in [1.82, 2.24) is 0 Å². The molecule has 9 heteroatoms. The SMILES string of the molecule is COc1ccc(/C(N)=N/OC(=O)COc2ccc(Br)cc2Cl)cc1OC. The van der Waals surface area contributed by atoms with E-state index in [9.17, 15) is 4.79 Å². The Balaban J connectivity index is 1.96. The average molecular weight is 444 g/mol. The summed E-state index contributed by atoms with van der Waals surface area (Å²) < 4.78 is 16.4. The van der Waals surface area contributed by atoms with Gasteiger partial charge in [-0.3, -0.25) is 0 Å². The molecule has 0 saturated carbocycles. The number of amidine groups is 1. The van der Waals surface area contributed by atoms with Crippen molar-refractivity contribution in [2.75, 3.05) is 20.8 Å². The lowest BCUT2D eigenvalue weighted by atomic mass is 10.2. The molecule has 2 N–H and O–H groups in total. The van der Waals surface area contributed by atoms with E-state index < -0.39 is 5.97 Å². The highest BCUT2D eigenvalue weighted by Gasteiger charge is 2.10. The van der Waals surface area contributed by atoms with Gasteiger partial charge in [0.1, 0.15) is 5.75 Å². The van der Waals surface area contributed by atoms with E-state index in [2.05, 4.69) is 21.1 Å². The summed E-state index contributed by atoms with van der Waals surface area (Å²) >= 11 is 9.28. The molecule has 0 spiro atoms. The van der Waals surface area contributed by atoms with Crippen LogP contribution in [-0.4, -0.2) is 32.6 Å². The molecule has 0 aromatic heterocycles. The highest BCUT2D eigenvalue weighted by atomic mass is 79.9. The molecule has 0 amide bonds. The topological polar surface area (TPSA) is 92.4 Å². The van der Waals surface area contributed by atoms with Crippen LogP contribution in [-0.2, 0) is 9.63 Å². The highest BCUT2D eigenvalue weighted by molar-refractivity contribution is 9.10. The number of carbonyl (C=O) groups is 1. The van der Waals surface area contributed by atoms with Crippen molar-refractivity contribution in [3.63, 3.8) is 0 Å². The van der Waals surface area contributed by atoms with Gasteiger partial charge in [-0.25, -0.2) is 4.79 Å². The van der Waals surface area contributed by atoms with Crippen LogP contribution in [0.5, 0.6) is 17.2 Å². The average Bonchev–Trinajstić information content (AvgIpc) is 2.64. The first-order valence-electron chi connectivity index (χ1n) is 7.28. The zero-order chi connectivity index (χ0) is 19.1. The van der Waals surface area contributed by atoms with E-state index in [1.54, 1.807) is 36.4 Å². The predicted octanol–water partition coefficient (Wildman–Crippen LogP) is 3.36. The molecule has 0 aliphatic rings. The van der Waals surface area contributed by atoms with Crippen LogP contribution in [0.3, 0.4) is 0 Å². The molecule has 26 heavy (non-hydrogen) atoms. The fraction of sp³-hybridized carbons (Fsp3) is 0.176. The molecule has 0 atom stereocenters.